The summed E-state index contributed by atoms with van der Waals surface area (Å²) in [6.07, 6.45) is 3.50. The van der Waals surface area contributed by atoms with Crippen LogP contribution in [0.1, 0.15) is 0 Å². The van der Waals surface area contributed by atoms with Crippen LogP contribution in [0.4, 0.5) is 0 Å². The molecule has 0 fully saturated rings. The number of aromatic hydroxyl groups is 1. The molecule has 90 valence electrons. The normalized spacial score (nSPS) is 10.2. The molecule has 0 saturated carbocycles. The molecule has 1 aromatic carbocycles. The topological polar surface area (TPSA) is 87.5 Å². The quantitative estimate of drug-likeness (QED) is 0.755. The van der Waals surface area contributed by atoms with E-state index in [4.69, 9.17) is 9.66 Å². The maximum atomic E-state index is 10.4. The van der Waals surface area contributed by atoms with Gasteiger partial charge in [0, 0.05) is 12.4 Å². The molecular weight excluding hydrogens is 242 g/mol. The van der Waals surface area contributed by atoms with Crippen LogP contribution in [0, 0.1) is 0 Å². The summed E-state index contributed by atoms with van der Waals surface area (Å²) in [6, 6.07) is 10.3. The van der Waals surface area contributed by atoms with Crippen molar-refractivity contribution in [2.45, 2.75) is 4.90 Å². The summed E-state index contributed by atoms with van der Waals surface area (Å²) in [6.45, 7) is 0. The van der Waals surface area contributed by atoms with Gasteiger partial charge in [-0.3, -0.25) is 9.54 Å². The Bertz CT molecular complexity index is 511. The fraction of sp³-hybridized carbons (Fsp3) is 0. The molecule has 0 unspecified atom stereocenters. The van der Waals surface area contributed by atoms with Crippen molar-refractivity contribution in [2.75, 3.05) is 0 Å². The molecule has 0 saturated heterocycles. The van der Waals surface area contributed by atoms with Crippen molar-refractivity contribution in [3.63, 3.8) is 0 Å². The van der Waals surface area contributed by atoms with Crippen molar-refractivity contribution in [3.8, 4) is 5.75 Å². The molecule has 1 heterocycles. The van der Waals surface area contributed by atoms with E-state index in [1.54, 1.807) is 12.4 Å². The van der Waals surface area contributed by atoms with E-state index in [0.29, 0.717) is 0 Å². The third-order valence-electron chi connectivity index (χ3n) is 1.70. The summed E-state index contributed by atoms with van der Waals surface area (Å²) in [5.74, 6) is -0.0441. The van der Waals surface area contributed by atoms with E-state index >= 15 is 0 Å². The molecule has 5 nitrogen and oxygen atoms in total. The summed E-state index contributed by atoms with van der Waals surface area (Å²) in [5, 5.41) is 8.75. The number of phenols is 1. The summed E-state index contributed by atoms with van der Waals surface area (Å²) >= 11 is 0. The predicted octanol–water partition coefficient (Wildman–Crippen LogP) is 1.72. The molecule has 2 aromatic rings. The van der Waals surface area contributed by atoms with Gasteiger partial charge >= 0.3 is 0 Å². The van der Waals surface area contributed by atoms with Crippen LogP contribution in [0.2, 0.25) is 0 Å². The van der Waals surface area contributed by atoms with Crippen LogP contribution in [0.15, 0.2) is 59.8 Å². The minimum atomic E-state index is -4.13. The Hall–Kier alpha value is -1.92. The standard InChI is InChI=1S/C6H6O4S.C5H5N/c7-5-1-3-6(4-2-5)11(8,9)10;1-2-4-6-5-3-1/h1-4,7H,(H,8,9,10);1-5H. The highest BCUT2D eigenvalue weighted by Crippen LogP contribution is 2.13. The SMILES string of the molecule is O=S(=O)(O)c1ccc(O)cc1.c1ccncc1. The lowest BCUT2D eigenvalue weighted by Gasteiger charge is -1.94. The molecule has 0 radical (unpaired) electrons. The molecule has 6 heteroatoms. The fourth-order valence-corrected chi connectivity index (χ4v) is 1.41. The number of hydrogen-bond acceptors (Lipinski definition) is 4. The zero-order valence-electron chi connectivity index (χ0n) is 8.76. The van der Waals surface area contributed by atoms with Gasteiger partial charge in [-0.15, -0.1) is 0 Å². The van der Waals surface area contributed by atoms with Crippen LogP contribution in [-0.4, -0.2) is 23.1 Å². The van der Waals surface area contributed by atoms with Crippen LogP contribution in [0.5, 0.6) is 5.75 Å². The molecular formula is C11H11NO4S. The van der Waals surface area contributed by atoms with Crippen LogP contribution in [0.25, 0.3) is 0 Å². The summed E-state index contributed by atoms with van der Waals surface area (Å²) in [4.78, 5) is 3.56. The molecule has 17 heavy (non-hydrogen) atoms. The number of nitrogens with zero attached hydrogens (tertiary/aromatic N) is 1. The van der Waals surface area contributed by atoms with Crippen molar-refractivity contribution < 1.29 is 18.1 Å². The van der Waals surface area contributed by atoms with E-state index < -0.39 is 10.1 Å². The minimum Gasteiger partial charge on any atom is -0.508 e. The largest absolute Gasteiger partial charge is 0.508 e. The van der Waals surface area contributed by atoms with Gasteiger partial charge in [0.1, 0.15) is 5.75 Å². The highest BCUT2D eigenvalue weighted by atomic mass is 32.2. The number of hydrogen-bond donors (Lipinski definition) is 2. The molecule has 0 bridgehead atoms. The maximum absolute atomic E-state index is 10.4. The summed E-state index contributed by atoms with van der Waals surface area (Å²) in [7, 11) is -4.13. The Labute approximate surface area is 99.1 Å². The van der Waals surface area contributed by atoms with Gasteiger partial charge in [-0.1, -0.05) is 6.07 Å². The fourth-order valence-electron chi connectivity index (χ4n) is 0.931. The van der Waals surface area contributed by atoms with Gasteiger partial charge in [0.25, 0.3) is 10.1 Å². The zero-order chi connectivity index (χ0) is 12.7. The Kier molecular flexibility index (Phi) is 4.62. The first-order chi connectivity index (χ1) is 8.00. The van der Waals surface area contributed by atoms with E-state index in [9.17, 15) is 8.42 Å². The van der Waals surface area contributed by atoms with Crippen molar-refractivity contribution >= 4 is 10.1 Å². The first kappa shape index (κ1) is 13.1. The van der Waals surface area contributed by atoms with Gasteiger partial charge in [0.2, 0.25) is 0 Å². The molecule has 2 N–H and O–H groups in total. The molecule has 0 amide bonds. The first-order valence-electron chi connectivity index (χ1n) is 4.61. The number of benzene rings is 1. The number of phenolic OH excluding ortho intramolecular Hbond substituents is 1. The highest BCUT2D eigenvalue weighted by molar-refractivity contribution is 7.85. The molecule has 0 spiro atoms. The second-order valence-electron chi connectivity index (χ2n) is 2.99. The van der Waals surface area contributed by atoms with Crippen molar-refractivity contribution in [2.24, 2.45) is 0 Å². The highest BCUT2D eigenvalue weighted by Gasteiger charge is 2.07. The molecule has 2 rings (SSSR count). The lowest BCUT2D eigenvalue weighted by molar-refractivity contribution is 0.472. The number of pyridine rings is 1. The summed E-state index contributed by atoms with van der Waals surface area (Å²) < 4.78 is 29.3. The van der Waals surface area contributed by atoms with Gasteiger partial charge in [0.05, 0.1) is 4.90 Å². The average molecular weight is 253 g/mol. The predicted molar refractivity (Wildman–Crippen MR) is 62.2 cm³/mol. The van der Waals surface area contributed by atoms with Gasteiger partial charge in [-0.2, -0.15) is 8.42 Å². The molecule has 1 aromatic heterocycles. The Balaban J connectivity index is 0.000000202. The smallest absolute Gasteiger partial charge is 0.294 e. The minimum absolute atomic E-state index is 0.0441. The second kappa shape index (κ2) is 5.97. The van der Waals surface area contributed by atoms with E-state index in [1.165, 1.54) is 12.1 Å². The zero-order valence-corrected chi connectivity index (χ0v) is 9.58. The van der Waals surface area contributed by atoms with E-state index in [1.807, 2.05) is 18.2 Å². The van der Waals surface area contributed by atoms with Crippen LogP contribution in [0.3, 0.4) is 0 Å². The summed E-state index contributed by atoms with van der Waals surface area (Å²) in [5.41, 5.74) is 0. The molecule has 0 atom stereocenters. The first-order valence-corrected chi connectivity index (χ1v) is 6.05. The average Bonchev–Trinajstić information content (AvgIpc) is 2.31. The third kappa shape index (κ3) is 5.10. The number of rotatable bonds is 1. The van der Waals surface area contributed by atoms with Gasteiger partial charge in [0.15, 0.2) is 0 Å². The van der Waals surface area contributed by atoms with Crippen LogP contribution >= 0.6 is 0 Å². The monoisotopic (exact) mass is 253 g/mol. The maximum Gasteiger partial charge on any atom is 0.294 e. The van der Waals surface area contributed by atoms with Gasteiger partial charge in [-0.05, 0) is 36.4 Å². The molecule has 0 aliphatic carbocycles. The third-order valence-corrected chi connectivity index (χ3v) is 2.57. The Morgan fingerprint density at radius 3 is 1.76 bits per heavy atom. The Morgan fingerprint density at radius 1 is 0.941 bits per heavy atom. The van der Waals surface area contributed by atoms with Crippen molar-refractivity contribution in [3.05, 3.63) is 54.9 Å². The number of aromatic nitrogens is 1. The molecule has 0 aliphatic heterocycles. The van der Waals surface area contributed by atoms with E-state index in [-0.39, 0.29) is 10.6 Å². The van der Waals surface area contributed by atoms with Crippen molar-refractivity contribution in [1.29, 1.82) is 0 Å². The second-order valence-corrected chi connectivity index (χ2v) is 4.42. The van der Waals surface area contributed by atoms with Gasteiger partial charge in [-0.25, -0.2) is 0 Å². The van der Waals surface area contributed by atoms with E-state index in [2.05, 4.69) is 4.98 Å². The Morgan fingerprint density at radius 2 is 1.47 bits per heavy atom. The van der Waals surface area contributed by atoms with Crippen molar-refractivity contribution in [1.82, 2.24) is 4.98 Å². The molecule has 0 aliphatic rings. The van der Waals surface area contributed by atoms with Crippen LogP contribution < -0.4 is 0 Å². The van der Waals surface area contributed by atoms with Crippen LogP contribution in [-0.2, 0) is 10.1 Å². The van der Waals surface area contributed by atoms with Gasteiger partial charge < -0.3 is 5.11 Å². The van der Waals surface area contributed by atoms with E-state index in [0.717, 1.165) is 12.1 Å². The lowest BCUT2D eigenvalue weighted by Crippen LogP contribution is -1.96. The lowest BCUT2D eigenvalue weighted by atomic mass is 10.3.